The number of thioether (sulfide) groups is 1. The number of hydrogen-bond donors (Lipinski definition) is 2. The first-order valence-electron chi connectivity index (χ1n) is 5.72. The molecule has 1 aromatic heterocycles. The molecular formula is C12H20N2OS. The molecule has 0 aliphatic carbocycles. The number of aromatic nitrogens is 1. The molecule has 0 aliphatic rings. The third kappa shape index (κ3) is 6.82. The molecule has 1 rings (SSSR count). The molecule has 0 aliphatic heterocycles. The molecule has 90 valence electrons. The number of aliphatic hydroxyl groups excluding tert-OH is 1. The van der Waals surface area contributed by atoms with Gasteiger partial charge in [0.15, 0.2) is 0 Å². The van der Waals surface area contributed by atoms with Crippen LogP contribution in [0.3, 0.4) is 0 Å². The molecule has 2 N–H and O–H groups in total. The largest absolute Gasteiger partial charge is 0.396 e. The van der Waals surface area contributed by atoms with Crippen molar-refractivity contribution in [3.63, 3.8) is 0 Å². The van der Waals surface area contributed by atoms with Crippen LogP contribution in [0.1, 0.15) is 12.1 Å². The summed E-state index contributed by atoms with van der Waals surface area (Å²) in [5, 5.41) is 12.0. The van der Waals surface area contributed by atoms with Crippen LogP contribution in [-0.2, 0) is 6.42 Å². The van der Waals surface area contributed by atoms with E-state index in [9.17, 15) is 0 Å². The number of pyridine rings is 1. The number of aliphatic hydroxyl groups is 1. The van der Waals surface area contributed by atoms with Crippen LogP contribution < -0.4 is 5.32 Å². The molecule has 1 aromatic rings. The van der Waals surface area contributed by atoms with E-state index < -0.39 is 0 Å². The van der Waals surface area contributed by atoms with Crippen molar-refractivity contribution in [2.75, 3.05) is 31.2 Å². The Morgan fingerprint density at radius 3 is 2.94 bits per heavy atom. The summed E-state index contributed by atoms with van der Waals surface area (Å²) in [6.45, 7) is 2.32. The SMILES string of the molecule is OCCCSCCNCCc1ccccn1. The molecule has 3 nitrogen and oxygen atoms in total. The van der Waals surface area contributed by atoms with Gasteiger partial charge in [0.2, 0.25) is 0 Å². The van der Waals surface area contributed by atoms with E-state index in [1.807, 2.05) is 30.1 Å². The van der Waals surface area contributed by atoms with Gasteiger partial charge in [-0.15, -0.1) is 0 Å². The second-order valence-electron chi connectivity index (χ2n) is 3.51. The summed E-state index contributed by atoms with van der Waals surface area (Å²) < 4.78 is 0. The first-order chi connectivity index (χ1) is 7.93. The fourth-order valence-corrected chi connectivity index (χ4v) is 2.13. The zero-order valence-electron chi connectivity index (χ0n) is 9.56. The van der Waals surface area contributed by atoms with E-state index in [1.165, 1.54) is 0 Å². The van der Waals surface area contributed by atoms with Crippen molar-refractivity contribution >= 4 is 11.8 Å². The predicted molar refractivity (Wildman–Crippen MR) is 69.8 cm³/mol. The van der Waals surface area contributed by atoms with Gasteiger partial charge in [0, 0.05) is 43.8 Å². The average Bonchev–Trinajstić information content (AvgIpc) is 2.34. The fraction of sp³-hybridized carbons (Fsp3) is 0.583. The molecule has 1 heterocycles. The van der Waals surface area contributed by atoms with Gasteiger partial charge >= 0.3 is 0 Å². The van der Waals surface area contributed by atoms with Crippen LogP contribution in [-0.4, -0.2) is 41.3 Å². The van der Waals surface area contributed by atoms with Gasteiger partial charge in [-0.2, -0.15) is 11.8 Å². The molecule has 0 radical (unpaired) electrons. The minimum Gasteiger partial charge on any atom is -0.396 e. The molecule has 0 amide bonds. The molecule has 0 saturated heterocycles. The average molecular weight is 240 g/mol. The van der Waals surface area contributed by atoms with Gasteiger partial charge in [-0.3, -0.25) is 4.98 Å². The van der Waals surface area contributed by atoms with Crippen molar-refractivity contribution in [3.05, 3.63) is 30.1 Å². The third-order valence-electron chi connectivity index (χ3n) is 2.15. The second-order valence-corrected chi connectivity index (χ2v) is 4.74. The lowest BCUT2D eigenvalue weighted by atomic mass is 10.3. The van der Waals surface area contributed by atoms with Gasteiger partial charge in [-0.1, -0.05) is 6.07 Å². The minimum absolute atomic E-state index is 0.306. The lowest BCUT2D eigenvalue weighted by Crippen LogP contribution is -2.20. The smallest absolute Gasteiger partial charge is 0.0438 e. The van der Waals surface area contributed by atoms with Gasteiger partial charge < -0.3 is 10.4 Å². The molecule has 0 atom stereocenters. The van der Waals surface area contributed by atoms with Crippen molar-refractivity contribution in [1.29, 1.82) is 0 Å². The maximum absolute atomic E-state index is 8.60. The highest BCUT2D eigenvalue weighted by Crippen LogP contribution is 2.00. The zero-order chi connectivity index (χ0) is 11.5. The fourth-order valence-electron chi connectivity index (χ4n) is 1.30. The quantitative estimate of drug-likeness (QED) is 0.639. The number of rotatable bonds is 9. The summed E-state index contributed by atoms with van der Waals surface area (Å²) in [7, 11) is 0. The van der Waals surface area contributed by atoms with Crippen molar-refractivity contribution < 1.29 is 5.11 Å². The van der Waals surface area contributed by atoms with Gasteiger partial charge in [-0.25, -0.2) is 0 Å². The van der Waals surface area contributed by atoms with E-state index in [0.29, 0.717) is 6.61 Å². The summed E-state index contributed by atoms with van der Waals surface area (Å²) in [5.41, 5.74) is 1.14. The standard InChI is InChI=1S/C12H20N2OS/c15-9-3-10-16-11-8-13-7-5-12-4-1-2-6-14-12/h1-2,4,6,13,15H,3,5,7-11H2. The lowest BCUT2D eigenvalue weighted by molar-refractivity contribution is 0.296. The van der Waals surface area contributed by atoms with E-state index >= 15 is 0 Å². The summed E-state index contributed by atoms with van der Waals surface area (Å²) in [6.07, 6.45) is 3.72. The Labute approximate surface area is 102 Å². The normalized spacial score (nSPS) is 10.6. The molecular weight excluding hydrogens is 220 g/mol. The topological polar surface area (TPSA) is 45.1 Å². The lowest BCUT2D eigenvalue weighted by Gasteiger charge is -2.04. The Kier molecular flexibility index (Phi) is 8.12. The molecule has 16 heavy (non-hydrogen) atoms. The van der Waals surface area contributed by atoms with Gasteiger partial charge in [0.25, 0.3) is 0 Å². The zero-order valence-corrected chi connectivity index (χ0v) is 10.4. The molecule has 0 unspecified atom stereocenters. The van der Waals surface area contributed by atoms with E-state index in [-0.39, 0.29) is 0 Å². The molecule has 0 bridgehead atoms. The molecule has 4 heteroatoms. The molecule has 0 spiro atoms. The van der Waals surface area contributed by atoms with Crippen molar-refractivity contribution in [1.82, 2.24) is 10.3 Å². The van der Waals surface area contributed by atoms with Crippen molar-refractivity contribution in [2.45, 2.75) is 12.8 Å². The number of nitrogens with one attached hydrogen (secondary N) is 1. The van der Waals surface area contributed by atoms with E-state index in [2.05, 4.69) is 16.4 Å². The monoisotopic (exact) mass is 240 g/mol. The maximum atomic E-state index is 8.60. The first-order valence-corrected chi connectivity index (χ1v) is 6.88. The van der Waals surface area contributed by atoms with Gasteiger partial charge in [0.1, 0.15) is 0 Å². The number of nitrogens with zero attached hydrogens (tertiary/aromatic N) is 1. The number of hydrogen-bond acceptors (Lipinski definition) is 4. The molecule has 0 saturated carbocycles. The van der Waals surface area contributed by atoms with Crippen LogP contribution in [0, 0.1) is 0 Å². The van der Waals surface area contributed by atoms with E-state index in [1.54, 1.807) is 0 Å². The van der Waals surface area contributed by atoms with Crippen LogP contribution in [0.4, 0.5) is 0 Å². The highest BCUT2D eigenvalue weighted by molar-refractivity contribution is 7.99. The van der Waals surface area contributed by atoms with Crippen LogP contribution >= 0.6 is 11.8 Å². The Morgan fingerprint density at radius 2 is 2.19 bits per heavy atom. The predicted octanol–water partition coefficient (Wildman–Crippen LogP) is 1.33. The van der Waals surface area contributed by atoms with Crippen molar-refractivity contribution in [2.24, 2.45) is 0 Å². The van der Waals surface area contributed by atoms with Crippen LogP contribution in [0.2, 0.25) is 0 Å². The van der Waals surface area contributed by atoms with Crippen LogP contribution in [0.25, 0.3) is 0 Å². The van der Waals surface area contributed by atoms with Gasteiger partial charge in [-0.05, 0) is 24.3 Å². The first kappa shape index (κ1) is 13.5. The van der Waals surface area contributed by atoms with Gasteiger partial charge in [0.05, 0.1) is 0 Å². The maximum Gasteiger partial charge on any atom is 0.0438 e. The van der Waals surface area contributed by atoms with E-state index in [0.717, 1.165) is 43.1 Å². The Bertz CT molecular complexity index is 256. The van der Waals surface area contributed by atoms with Crippen LogP contribution in [0.15, 0.2) is 24.4 Å². The minimum atomic E-state index is 0.306. The third-order valence-corrected chi connectivity index (χ3v) is 3.22. The summed E-state index contributed by atoms with van der Waals surface area (Å²) in [6, 6.07) is 6.01. The highest BCUT2D eigenvalue weighted by atomic mass is 32.2. The van der Waals surface area contributed by atoms with Crippen molar-refractivity contribution in [3.8, 4) is 0 Å². The Hall–Kier alpha value is -0.580. The molecule has 0 fully saturated rings. The Morgan fingerprint density at radius 1 is 1.25 bits per heavy atom. The second kappa shape index (κ2) is 9.63. The summed E-state index contributed by atoms with van der Waals surface area (Å²) in [5.74, 6) is 2.17. The molecule has 0 aromatic carbocycles. The summed E-state index contributed by atoms with van der Waals surface area (Å²) in [4.78, 5) is 4.26. The highest BCUT2D eigenvalue weighted by Gasteiger charge is 1.93. The van der Waals surface area contributed by atoms with E-state index in [4.69, 9.17) is 5.11 Å². The summed E-state index contributed by atoms with van der Waals surface area (Å²) >= 11 is 1.89. The Balaban J connectivity index is 1.89. The van der Waals surface area contributed by atoms with Crippen LogP contribution in [0.5, 0.6) is 0 Å².